The molecule has 0 fully saturated rings. The second-order valence-corrected chi connectivity index (χ2v) is 28.1. The molecule has 0 aromatic heterocycles. The number of aliphatic hydroxyl groups excluding tert-OH is 1. The van der Waals surface area contributed by atoms with Gasteiger partial charge in [-0.05, 0) is 184 Å². The van der Waals surface area contributed by atoms with Gasteiger partial charge in [-0.2, -0.15) is 0 Å². The fourth-order valence-electron chi connectivity index (χ4n) is 11.0. The van der Waals surface area contributed by atoms with E-state index in [1.54, 1.807) is 41.5 Å². The molecule has 0 saturated carbocycles. The van der Waals surface area contributed by atoms with E-state index < -0.39 is 162 Å². The second-order valence-electron chi connectivity index (χ2n) is 28.1. The maximum absolute atomic E-state index is 14.6. The van der Waals surface area contributed by atoms with Crippen molar-refractivity contribution >= 4 is 70.9 Å². The molecule has 0 bridgehead atoms. The summed E-state index contributed by atoms with van der Waals surface area (Å²) >= 11 is 0. The van der Waals surface area contributed by atoms with Gasteiger partial charge < -0.3 is 104 Å². The lowest BCUT2D eigenvalue weighted by atomic mass is 9.96. The molecule has 0 aromatic carbocycles. The van der Waals surface area contributed by atoms with Gasteiger partial charge in [0.15, 0.2) is 0 Å². The van der Waals surface area contributed by atoms with Crippen molar-refractivity contribution in [3.8, 4) is 0 Å². The van der Waals surface area contributed by atoms with Crippen LogP contribution in [0.15, 0.2) is 0 Å². The molecule has 31 heteroatoms. The zero-order chi connectivity index (χ0) is 76.2. The summed E-state index contributed by atoms with van der Waals surface area (Å²) in [6.07, 6.45) is 6.71. The van der Waals surface area contributed by atoms with Crippen LogP contribution in [0.1, 0.15) is 218 Å². The summed E-state index contributed by atoms with van der Waals surface area (Å²) in [5, 5.41) is 40.7. The summed E-state index contributed by atoms with van der Waals surface area (Å²) in [5.74, 6) is -10.5. The molecular weight excluding hydrogens is 1290 g/mol. The summed E-state index contributed by atoms with van der Waals surface area (Å²) in [5.41, 5.74) is 40.9. The van der Waals surface area contributed by atoms with Crippen LogP contribution in [0.2, 0.25) is 0 Å². The van der Waals surface area contributed by atoms with Crippen molar-refractivity contribution in [1.29, 1.82) is 0 Å². The second kappa shape index (κ2) is 52.3. The number of rotatable bonds is 56. The molecule has 0 aromatic rings. The molecule has 100 heavy (non-hydrogen) atoms. The quantitative estimate of drug-likeness (QED) is 0.0326. The first-order valence-electron chi connectivity index (χ1n) is 36.8. The molecule has 0 aliphatic carbocycles. The predicted octanol–water partition coefficient (Wildman–Crippen LogP) is -0.954. The minimum atomic E-state index is -1.69. The van der Waals surface area contributed by atoms with Crippen LogP contribution < -0.4 is 98.6 Å². The fourth-order valence-corrected chi connectivity index (χ4v) is 11.0. The average Bonchev–Trinajstić information content (AvgIpc) is 0.859. The number of hydrogen-bond acceptors (Lipinski definition) is 19. The lowest BCUT2D eigenvalue weighted by molar-refractivity contribution is -0.137. The number of nitrogens with two attached hydrogens (primary N) is 7. The van der Waals surface area contributed by atoms with Gasteiger partial charge in [-0.3, -0.25) is 57.5 Å². The van der Waals surface area contributed by atoms with Crippen LogP contribution in [-0.4, -0.2) is 188 Å². The summed E-state index contributed by atoms with van der Waals surface area (Å²) in [7, 11) is 0. The Hall–Kier alpha value is -6.64. The zero-order valence-corrected chi connectivity index (χ0v) is 62.4. The highest BCUT2D eigenvalue weighted by Gasteiger charge is 2.39. The summed E-state index contributed by atoms with van der Waals surface area (Å²) < 4.78 is 0. The highest BCUT2D eigenvalue weighted by atomic mass is 16.3. The van der Waals surface area contributed by atoms with Gasteiger partial charge >= 0.3 is 0 Å². The normalized spacial score (nSPS) is 16.0. The van der Waals surface area contributed by atoms with E-state index in [4.69, 9.17) is 40.1 Å². The van der Waals surface area contributed by atoms with Gasteiger partial charge in [-0.15, -0.1) is 0 Å². The summed E-state index contributed by atoms with van der Waals surface area (Å²) in [6.45, 7) is 22.2. The smallest absolute Gasteiger partial charge is 0.245 e. The zero-order valence-electron chi connectivity index (χ0n) is 62.4. The molecule has 12 amide bonds. The van der Waals surface area contributed by atoms with Crippen molar-refractivity contribution < 1.29 is 62.6 Å². The number of primary amides is 1. The van der Waals surface area contributed by atoms with Crippen molar-refractivity contribution in [2.75, 3.05) is 39.3 Å². The topological polar surface area (TPSA) is 540 Å². The SMILES string of the molecule is CC[C@H](C)[C@H](N)C(=O)N[C@H](CCCCN)C(=O)N[C@H](CCCCN)C(=O)N[C@H](C(=O)N[C@@H](CC(C)C)C(=O)N[C@@H](CO)C(=O)N[C@H](CCCCN)C(=O)N[C@H](C(=O)N[C@H](CCCCN)C(=O)N[C@H](CCCCN)C(=O)N[C@@H](CC(C)C)C(=O)N[C@@H](CC(C)C)C(N)=O)[C@@H](C)CC)[C@@H](C)CC. The predicted molar refractivity (Wildman–Crippen MR) is 387 cm³/mol. The monoisotopic (exact) mass is 1420 g/mol. The Balaban J connectivity index is 7.04. The lowest BCUT2D eigenvalue weighted by Gasteiger charge is -2.30. The maximum atomic E-state index is 14.6. The van der Waals surface area contributed by atoms with Crippen LogP contribution >= 0.6 is 0 Å². The van der Waals surface area contributed by atoms with E-state index in [2.05, 4.69) is 58.5 Å². The van der Waals surface area contributed by atoms with Gasteiger partial charge in [0.1, 0.15) is 66.5 Å². The first-order valence-corrected chi connectivity index (χ1v) is 36.8. The van der Waals surface area contributed by atoms with Crippen molar-refractivity contribution in [2.24, 2.45) is 75.6 Å². The van der Waals surface area contributed by atoms with E-state index in [1.165, 1.54) is 0 Å². The average molecular weight is 1420 g/mol. The van der Waals surface area contributed by atoms with E-state index in [0.29, 0.717) is 96.6 Å². The van der Waals surface area contributed by atoms with Gasteiger partial charge in [0.25, 0.3) is 0 Å². The highest BCUT2D eigenvalue weighted by molar-refractivity contribution is 5.99. The molecule has 0 heterocycles. The molecule has 0 unspecified atom stereocenters. The largest absolute Gasteiger partial charge is 0.394 e. The molecule has 0 radical (unpaired) electrons. The maximum Gasteiger partial charge on any atom is 0.245 e. The van der Waals surface area contributed by atoms with E-state index in [0.717, 1.165) is 0 Å². The third-order valence-corrected chi connectivity index (χ3v) is 17.9. The van der Waals surface area contributed by atoms with Crippen LogP contribution in [-0.2, 0) is 57.5 Å². The highest BCUT2D eigenvalue weighted by Crippen LogP contribution is 2.17. The van der Waals surface area contributed by atoms with E-state index >= 15 is 0 Å². The van der Waals surface area contributed by atoms with Crippen molar-refractivity contribution in [3.63, 3.8) is 0 Å². The van der Waals surface area contributed by atoms with Gasteiger partial charge in [0, 0.05) is 0 Å². The number of unbranched alkanes of at least 4 members (excludes halogenated alkanes) is 5. The first-order chi connectivity index (χ1) is 47.2. The Labute approximate surface area is 595 Å². The van der Waals surface area contributed by atoms with E-state index in [9.17, 15) is 62.6 Å². The minimum Gasteiger partial charge on any atom is -0.394 e. The minimum absolute atomic E-state index is 0.00643. The van der Waals surface area contributed by atoms with Crippen LogP contribution in [0.4, 0.5) is 0 Å². The summed E-state index contributed by atoms with van der Waals surface area (Å²) in [6, 6.07) is -14.7. The number of aliphatic hydroxyl groups is 1. The van der Waals surface area contributed by atoms with Crippen molar-refractivity contribution in [3.05, 3.63) is 0 Å². The van der Waals surface area contributed by atoms with Crippen LogP contribution in [0.5, 0.6) is 0 Å². The number of hydrogen-bond donors (Lipinski definition) is 19. The molecule has 0 aliphatic heterocycles. The van der Waals surface area contributed by atoms with Gasteiger partial charge in [-0.1, -0.05) is 102 Å². The molecule has 0 spiro atoms. The van der Waals surface area contributed by atoms with Crippen molar-refractivity contribution in [2.45, 2.75) is 290 Å². The Kier molecular flexibility index (Phi) is 48.9. The Morgan fingerprint density at radius 3 is 0.780 bits per heavy atom. The third-order valence-electron chi connectivity index (χ3n) is 17.9. The Morgan fingerprint density at radius 2 is 0.510 bits per heavy atom. The first kappa shape index (κ1) is 93.4. The molecule has 0 rings (SSSR count). The molecular formula is C69H134N18O13. The van der Waals surface area contributed by atoms with Crippen LogP contribution in [0.25, 0.3) is 0 Å². The van der Waals surface area contributed by atoms with E-state index in [1.807, 2.05) is 41.5 Å². The number of carbonyl (C=O) groups excluding carboxylic acids is 12. The fraction of sp³-hybridized carbons (Fsp3) is 0.826. The Morgan fingerprint density at radius 1 is 0.290 bits per heavy atom. The lowest BCUT2D eigenvalue weighted by Crippen LogP contribution is -2.62. The molecule has 0 aliphatic rings. The molecule has 26 N–H and O–H groups in total. The number of amides is 12. The molecule has 15 atom stereocenters. The van der Waals surface area contributed by atoms with E-state index in [-0.39, 0.29) is 94.7 Å². The van der Waals surface area contributed by atoms with Crippen LogP contribution in [0, 0.1) is 35.5 Å². The number of carbonyl (C=O) groups is 12. The summed E-state index contributed by atoms with van der Waals surface area (Å²) in [4.78, 5) is 169. The molecule has 578 valence electrons. The Bertz CT molecular complexity index is 2480. The van der Waals surface area contributed by atoms with Gasteiger partial charge in [0.05, 0.1) is 12.6 Å². The van der Waals surface area contributed by atoms with Gasteiger partial charge in [-0.25, -0.2) is 0 Å². The standard InChI is InChI=1S/C69H134N18O13/c1-13-43(10)55(75)67(98)80-47(27-17-22-32-71)59(90)78-49(29-19-24-34-73)62(93)87-57(45(12)15-3)69(100)84-53(38-42(8)9)65(96)85-54(39-88)66(97)79-50(30-20-25-35-74)63(94)86-56(44(11)14-2)68(99)81-48(28-18-23-33-72)60(91)77-46(26-16-21-31-70)61(92)83-52(37-41(6)7)64(95)82-51(58(76)89)36-40(4)5/h40-57,88H,13-39,70-75H2,1-12H3,(H2,76,89)(H,77,91)(H,78,90)(H,79,97)(H,80,98)(H,81,99)(H,82,95)(H,83,92)(H,84,100)(H,85,96)(H,86,94)(H,87,93)/t43-,44-,45-,46+,47+,48+,49+,50+,51-,52-,53-,54-,55-,56-,57-/m0/s1. The molecule has 0 saturated heterocycles. The van der Waals surface area contributed by atoms with Crippen LogP contribution in [0.3, 0.4) is 0 Å². The molecule has 31 nitrogen and oxygen atoms in total. The third kappa shape index (κ3) is 36.8. The van der Waals surface area contributed by atoms with Gasteiger partial charge in [0.2, 0.25) is 70.9 Å². The number of nitrogens with one attached hydrogen (secondary N) is 11. The van der Waals surface area contributed by atoms with Crippen molar-refractivity contribution in [1.82, 2.24) is 58.5 Å².